The van der Waals surface area contributed by atoms with Crippen molar-refractivity contribution in [3.8, 4) is 0 Å². The molecule has 0 radical (unpaired) electrons. The maximum absolute atomic E-state index is 11.5. The van der Waals surface area contributed by atoms with E-state index in [9.17, 15) is 9.90 Å². The molecule has 4 heteroatoms. The molecule has 0 unspecified atom stereocenters. The molecule has 0 aliphatic heterocycles. The van der Waals surface area contributed by atoms with Crippen molar-refractivity contribution < 1.29 is 9.90 Å². The summed E-state index contributed by atoms with van der Waals surface area (Å²) in [4.78, 5) is 16.0. The Morgan fingerprint density at radius 2 is 1.95 bits per heavy atom. The molecule has 1 aromatic heterocycles. The highest BCUT2D eigenvalue weighted by Crippen LogP contribution is 2.23. The molecule has 0 fully saturated rings. The maximum atomic E-state index is 11.5. The summed E-state index contributed by atoms with van der Waals surface area (Å²) in [5.41, 5.74) is 3.03. The number of pyridine rings is 1. The van der Waals surface area contributed by atoms with Crippen molar-refractivity contribution in [2.24, 2.45) is 0 Å². The first-order chi connectivity index (χ1) is 10.7. The number of nitrogens with zero attached hydrogens (tertiary/aromatic N) is 1. The van der Waals surface area contributed by atoms with Gasteiger partial charge in [-0.2, -0.15) is 0 Å². The van der Waals surface area contributed by atoms with Crippen LogP contribution in [0.4, 0.5) is 11.5 Å². The molecule has 0 bridgehead atoms. The highest BCUT2D eigenvalue weighted by atomic mass is 16.4. The van der Waals surface area contributed by atoms with Gasteiger partial charge in [0.15, 0.2) is 0 Å². The molecule has 2 aromatic carbocycles. The number of nitrogens with one attached hydrogen (secondary N) is 1. The van der Waals surface area contributed by atoms with Crippen LogP contribution >= 0.6 is 0 Å². The average molecular weight is 292 g/mol. The predicted octanol–water partition coefficient (Wildman–Crippen LogP) is 4.24. The maximum Gasteiger partial charge on any atom is 0.336 e. The van der Waals surface area contributed by atoms with Gasteiger partial charge in [0.25, 0.3) is 0 Å². The number of carboxylic acid groups (broad SMARTS) is 1. The standard InChI is InChI=1S/C18H16N2O2/c1-2-12-6-5-7-13(10-12)19-17-11-15(18(21)22)14-8-3-4-9-16(14)20-17/h3-11H,2H2,1H3,(H,19,20)(H,21,22). The number of carbonyl (C=O) groups is 1. The van der Waals surface area contributed by atoms with Gasteiger partial charge in [0, 0.05) is 11.1 Å². The fourth-order valence-corrected chi connectivity index (χ4v) is 2.43. The van der Waals surface area contributed by atoms with Gasteiger partial charge in [-0.3, -0.25) is 0 Å². The lowest BCUT2D eigenvalue weighted by Gasteiger charge is -2.10. The van der Waals surface area contributed by atoms with E-state index in [2.05, 4.69) is 23.3 Å². The van der Waals surface area contributed by atoms with Crippen LogP contribution in [0.5, 0.6) is 0 Å². The summed E-state index contributed by atoms with van der Waals surface area (Å²) in [5.74, 6) is -0.423. The van der Waals surface area contributed by atoms with Gasteiger partial charge in [0.05, 0.1) is 11.1 Å². The third-order valence-electron chi connectivity index (χ3n) is 3.55. The fourth-order valence-electron chi connectivity index (χ4n) is 2.43. The van der Waals surface area contributed by atoms with Gasteiger partial charge in [-0.05, 0) is 36.2 Å². The SMILES string of the molecule is CCc1cccc(Nc2cc(C(=O)O)c3ccccc3n2)c1. The minimum Gasteiger partial charge on any atom is -0.478 e. The van der Waals surface area contributed by atoms with Crippen LogP contribution in [0.15, 0.2) is 54.6 Å². The summed E-state index contributed by atoms with van der Waals surface area (Å²) in [6.45, 7) is 2.09. The Bertz CT molecular complexity index is 843. The molecule has 0 aliphatic rings. The Kier molecular flexibility index (Phi) is 3.74. The summed E-state index contributed by atoms with van der Waals surface area (Å²) >= 11 is 0. The number of fused-ring (bicyclic) bond motifs is 1. The Morgan fingerprint density at radius 3 is 2.73 bits per heavy atom. The van der Waals surface area contributed by atoms with Crippen molar-refractivity contribution in [3.63, 3.8) is 0 Å². The van der Waals surface area contributed by atoms with Crippen LogP contribution in [0.2, 0.25) is 0 Å². The van der Waals surface area contributed by atoms with Gasteiger partial charge in [-0.15, -0.1) is 0 Å². The lowest BCUT2D eigenvalue weighted by molar-refractivity contribution is 0.0699. The first-order valence-corrected chi connectivity index (χ1v) is 7.16. The van der Waals surface area contributed by atoms with Crippen molar-refractivity contribution in [2.45, 2.75) is 13.3 Å². The van der Waals surface area contributed by atoms with Gasteiger partial charge >= 0.3 is 5.97 Å². The number of aromatic nitrogens is 1. The van der Waals surface area contributed by atoms with Crippen molar-refractivity contribution in [1.29, 1.82) is 0 Å². The number of benzene rings is 2. The third kappa shape index (κ3) is 2.76. The molecule has 0 atom stereocenters. The quantitative estimate of drug-likeness (QED) is 0.755. The zero-order chi connectivity index (χ0) is 15.5. The van der Waals surface area contributed by atoms with E-state index in [-0.39, 0.29) is 5.56 Å². The van der Waals surface area contributed by atoms with Crippen molar-refractivity contribution in [1.82, 2.24) is 4.98 Å². The number of hydrogen-bond acceptors (Lipinski definition) is 3. The van der Waals surface area contributed by atoms with Crippen LogP contribution < -0.4 is 5.32 Å². The highest BCUT2D eigenvalue weighted by molar-refractivity contribution is 6.03. The summed E-state index contributed by atoms with van der Waals surface area (Å²) in [6, 6.07) is 16.8. The minimum absolute atomic E-state index is 0.250. The Balaban J connectivity index is 2.05. The van der Waals surface area contributed by atoms with Crippen LogP contribution in [-0.2, 0) is 6.42 Å². The average Bonchev–Trinajstić information content (AvgIpc) is 2.54. The summed E-state index contributed by atoms with van der Waals surface area (Å²) < 4.78 is 0. The zero-order valence-corrected chi connectivity index (χ0v) is 12.2. The normalized spacial score (nSPS) is 10.6. The Morgan fingerprint density at radius 1 is 1.14 bits per heavy atom. The molecule has 0 spiro atoms. The first-order valence-electron chi connectivity index (χ1n) is 7.16. The molecule has 0 amide bonds. The molecular formula is C18H16N2O2. The summed E-state index contributed by atoms with van der Waals surface area (Å²) in [6.07, 6.45) is 0.945. The molecular weight excluding hydrogens is 276 g/mol. The monoisotopic (exact) mass is 292 g/mol. The molecule has 3 aromatic rings. The number of hydrogen-bond donors (Lipinski definition) is 2. The van der Waals surface area contributed by atoms with E-state index in [1.807, 2.05) is 36.4 Å². The molecule has 2 N–H and O–H groups in total. The Hall–Kier alpha value is -2.88. The number of rotatable bonds is 4. The van der Waals surface area contributed by atoms with Crippen LogP contribution in [0.1, 0.15) is 22.8 Å². The topological polar surface area (TPSA) is 62.2 Å². The van der Waals surface area contributed by atoms with Crippen molar-refractivity contribution in [3.05, 3.63) is 65.7 Å². The largest absolute Gasteiger partial charge is 0.478 e. The molecule has 0 saturated carbocycles. The molecule has 0 saturated heterocycles. The lowest BCUT2D eigenvalue weighted by Crippen LogP contribution is -2.02. The number of aromatic carboxylic acids is 1. The van der Waals surface area contributed by atoms with Crippen LogP contribution in [-0.4, -0.2) is 16.1 Å². The van der Waals surface area contributed by atoms with E-state index < -0.39 is 5.97 Å². The molecule has 3 rings (SSSR count). The predicted molar refractivity (Wildman–Crippen MR) is 87.8 cm³/mol. The summed E-state index contributed by atoms with van der Waals surface area (Å²) in [7, 11) is 0. The zero-order valence-electron chi connectivity index (χ0n) is 12.2. The van der Waals surface area contributed by atoms with Crippen molar-refractivity contribution in [2.75, 3.05) is 5.32 Å². The second kappa shape index (κ2) is 5.85. The highest BCUT2D eigenvalue weighted by Gasteiger charge is 2.11. The van der Waals surface area contributed by atoms with Crippen LogP contribution in [0.3, 0.4) is 0 Å². The number of anilines is 2. The van der Waals surface area contributed by atoms with E-state index in [1.54, 1.807) is 12.1 Å². The Labute approximate surface area is 128 Å². The smallest absolute Gasteiger partial charge is 0.336 e. The van der Waals surface area contributed by atoms with E-state index >= 15 is 0 Å². The second-order valence-corrected chi connectivity index (χ2v) is 5.06. The van der Waals surface area contributed by atoms with Gasteiger partial charge in [0.2, 0.25) is 0 Å². The lowest BCUT2D eigenvalue weighted by atomic mass is 10.1. The second-order valence-electron chi connectivity index (χ2n) is 5.06. The number of carboxylic acids is 1. The van der Waals surface area contributed by atoms with Gasteiger partial charge < -0.3 is 10.4 Å². The van der Waals surface area contributed by atoms with Gasteiger partial charge in [-0.25, -0.2) is 9.78 Å². The van der Waals surface area contributed by atoms with E-state index in [0.717, 1.165) is 12.1 Å². The molecule has 1 heterocycles. The molecule has 0 aliphatic carbocycles. The van der Waals surface area contributed by atoms with Crippen molar-refractivity contribution >= 4 is 28.4 Å². The molecule has 22 heavy (non-hydrogen) atoms. The van der Waals surface area contributed by atoms with Crippen LogP contribution in [0, 0.1) is 0 Å². The number of aryl methyl sites for hydroxylation is 1. The van der Waals surface area contributed by atoms with E-state index in [0.29, 0.717) is 16.7 Å². The van der Waals surface area contributed by atoms with E-state index in [4.69, 9.17) is 0 Å². The molecule has 4 nitrogen and oxygen atoms in total. The van der Waals surface area contributed by atoms with Gasteiger partial charge in [0.1, 0.15) is 5.82 Å². The number of para-hydroxylation sites is 1. The van der Waals surface area contributed by atoms with E-state index in [1.165, 1.54) is 5.56 Å². The summed E-state index contributed by atoms with van der Waals surface area (Å²) in [5, 5.41) is 13.2. The minimum atomic E-state index is -0.955. The van der Waals surface area contributed by atoms with Crippen LogP contribution in [0.25, 0.3) is 10.9 Å². The fraction of sp³-hybridized carbons (Fsp3) is 0.111. The molecule has 110 valence electrons. The first kappa shape index (κ1) is 14.1. The van der Waals surface area contributed by atoms with Gasteiger partial charge in [-0.1, -0.05) is 37.3 Å². The third-order valence-corrected chi connectivity index (χ3v) is 3.55.